The lowest BCUT2D eigenvalue weighted by Gasteiger charge is -2.22. The van der Waals surface area contributed by atoms with E-state index in [2.05, 4.69) is 5.32 Å². The Kier molecular flexibility index (Phi) is 5.37. The smallest absolute Gasteiger partial charge is 0.407 e. The molecule has 1 unspecified atom stereocenters. The molecule has 0 saturated carbocycles. The second kappa shape index (κ2) is 6.65. The highest BCUT2D eigenvalue weighted by Crippen LogP contribution is 2.14. The molecule has 1 saturated heterocycles. The quantitative estimate of drug-likeness (QED) is 0.753. The summed E-state index contributed by atoms with van der Waals surface area (Å²) in [6.45, 7) is 3.73. The zero-order valence-electron chi connectivity index (χ0n) is 8.75. The maximum absolute atomic E-state index is 10.9. The first-order valence-electron chi connectivity index (χ1n) is 5.35. The molecule has 0 radical (unpaired) electrons. The molecule has 0 aliphatic carbocycles. The molecule has 1 aliphatic heterocycles. The predicted molar refractivity (Wildman–Crippen MR) is 53.2 cm³/mol. The molecular formula is C10H19NO3. The summed E-state index contributed by atoms with van der Waals surface area (Å²) in [6.07, 6.45) is 4.41. The maximum atomic E-state index is 10.9. The summed E-state index contributed by atoms with van der Waals surface area (Å²) >= 11 is 0. The molecule has 1 amide bonds. The van der Waals surface area contributed by atoms with Crippen LogP contribution in [0.4, 0.5) is 4.79 Å². The minimum absolute atomic E-state index is 0.325. The van der Waals surface area contributed by atoms with Crippen molar-refractivity contribution in [3.8, 4) is 0 Å². The van der Waals surface area contributed by atoms with Gasteiger partial charge in [0, 0.05) is 13.2 Å². The van der Waals surface area contributed by atoms with Gasteiger partial charge < -0.3 is 14.8 Å². The summed E-state index contributed by atoms with van der Waals surface area (Å²) in [5, 5.41) is 2.69. The zero-order valence-corrected chi connectivity index (χ0v) is 8.75. The summed E-state index contributed by atoms with van der Waals surface area (Å²) in [5.41, 5.74) is 0. The van der Waals surface area contributed by atoms with Crippen LogP contribution in [-0.2, 0) is 9.47 Å². The molecule has 0 spiro atoms. The van der Waals surface area contributed by atoms with Crippen LogP contribution >= 0.6 is 0 Å². The Morgan fingerprint density at radius 2 is 2.43 bits per heavy atom. The van der Waals surface area contributed by atoms with Gasteiger partial charge in [0.2, 0.25) is 0 Å². The molecule has 1 rings (SSSR count). The van der Waals surface area contributed by atoms with Crippen LogP contribution in [0.3, 0.4) is 0 Å². The SMILES string of the molecule is CCOC(=O)NCCC1CCCCO1. The Hall–Kier alpha value is -0.770. The van der Waals surface area contributed by atoms with Crippen LogP contribution in [0, 0.1) is 0 Å². The number of carbonyl (C=O) groups is 1. The molecule has 4 nitrogen and oxygen atoms in total. The molecule has 1 atom stereocenters. The Morgan fingerprint density at radius 1 is 1.57 bits per heavy atom. The largest absolute Gasteiger partial charge is 0.450 e. The maximum Gasteiger partial charge on any atom is 0.407 e. The molecule has 0 aromatic heterocycles. The summed E-state index contributed by atoms with van der Waals surface area (Å²) in [4.78, 5) is 10.9. The third-order valence-electron chi connectivity index (χ3n) is 2.29. The Bertz CT molecular complexity index is 167. The van der Waals surface area contributed by atoms with Crippen molar-refractivity contribution in [1.82, 2.24) is 5.32 Å². The second-order valence-corrected chi connectivity index (χ2v) is 3.42. The topological polar surface area (TPSA) is 47.6 Å². The molecule has 0 bridgehead atoms. The molecule has 0 aromatic carbocycles. The number of hydrogen-bond acceptors (Lipinski definition) is 3. The van der Waals surface area contributed by atoms with Gasteiger partial charge in [0.25, 0.3) is 0 Å². The van der Waals surface area contributed by atoms with Gasteiger partial charge in [0.1, 0.15) is 0 Å². The summed E-state index contributed by atoms with van der Waals surface area (Å²) in [6, 6.07) is 0. The van der Waals surface area contributed by atoms with E-state index >= 15 is 0 Å². The van der Waals surface area contributed by atoms with Crippen LogP contribution < -0.4 is 5.32 Å². The van der Waals surface area contributed by atoms with Gasteiger partial charge in [-0.3, -0.25) is 0 Å². The summed E-state index contributed by atoms with van der Waals surface area (Å²) in [7, 11) is 0. The van der Waals surface area contributed by atoms with E-state index in [0.29, 0.717) is 19.3 Å². The fourth-order valence-electron chi connectivity index (χ4n) is 1.55. The molecule has 1 aliphatic rings. The molecule has 82 valence electrons. The Morgan fingerprint density at radius 3 is 3.07 bits per heavy atom. The second-order valence-electron chi connectivity index (χ2n) is 3.42. The predicted octanol–water partition coefficient (Wildman–Crippen LogP) is 1.69. The monoisotopic (exact) mass is 201 g/mol. The third kappa shape index (κ3) is 4.46. The van der Waals surface area contributed by atoms with E-state index in [-0.39, 0.29) is 6.09 Å². The van der Waals surface area contributed by atoms with Gasteiger partial charge in [-0.1, -0.05) is 0 Å². The van der Waals surface area contributed by atoms with Crippen LogP contribution in [0.5, 0.6) is 0 Å². The normalized spacial score (nSPS) is 21.6. The highest BCUT2D eigenvalue weighted by atomic mass is 16.5. The first-order chi connectivity index (χ1) is 6.83. The van der Waals surface area contributed by atoms with E-state index in [1.807, 2.05) is 0 Å². The van der Waals surface area contributed by atoms with Crippen molar-refractivity contribution in [3.05, 3.63) is 0 Å². The van der Waals surface area contributed by atoms with Crippen molar-refractivity contribution in [2.75, 3.05) is 19.8 Å². The van der Waals surface area contributed by atoms with E-state index in [9.17, 15) is 4.79 Å². The number of rotatable bonds is 4. The number of hydrogen-bond donors (Lipinski definition) is 1. The van der Waals surface area contributed by atoms with Crippen molar-refractivity contribution >= 4 is 6.09 Å². The van der Waals surface area contributed by atoms with Crippen LogP contribution in [0.25, 0.3) is 0 Å². The minimum Gasteiger partial charge on any atom is -0.450 e. The van der Waals surface area contributed by atoms with E-state index in [4.69, 9.17) is 9.47 Å². The van der Waals surface area contributed by atoms with Crippen LogP contribution in [-0.4, -0.2) is 32.0 Å². The molecule has 0 aromatic rings. The number of carbonyl (C=O) groups excluding carboxylic acids is 1. The molecular weight excluding hydrogens is 182 g/mol. The summed E-state index contributed by atoms with van der Waals surface area (Å²) in [5.74, 6) is 0. The first kappa shape index (κ1) is 11.3. The lowest BCUT2D eigenvalue weighted by Crippen LogP contribution is -2.29. The van der Waals surface area contributed by atoms with Gasteiger partial charge in [0.15, 0.2) is 0 Å². The van der Waals surface area contributed by atoms with Gasteiger partial charge in [-0.05, 0) is 32.6 Å². The van der Waals surface area contributed by atoms with Gasteiger partial charge in [-0.2, -0.15) is 0 Å². The summed E-state index contributed by atoms with van der Waals surface area (Å²) < 4.78 is 10.3. The van der Waals surface area contributed by atoms with Crippen molar-refractivity contribution in [3.63, 3.8) is 0 Å². The van der Waals surface area contributed by atoms with Gasteiger partial charge in [-0.25, -0.2) is 4.79 Å². The molecule has 1 heterocycles. The van der Waals surface area contributed by atoms with Crippen LogP contribution in [0.15, 0.2) is 0 Å². The average Bonchev–Trinajstić information content (AvgIpc) is 2.20. The molecule has 4 heteroatoms. The Labute approximate surface area is 85.0 Å². The van der Waals surface area contributed by atoms with Crippen molar-refractivity contribution in [2.45, 2.75) is 38.7 Å². The zero-order chi connectivity index (χ0) is 10.2. The lowest BCUT2D eigenvalue weighted by molar-refractivity contribution is 0.0116. The van der Waals surface area contributed by atoms with Crippen molar-refractivity contribution < 1.29 is 14.3 Å². The fourth-order valence-corrected chi connectivity index (χ4v) is 1.55. The van der Waals surface area contributed by atoms with Gasteiger partial charge >= 0.3 is 6.09 Å². The average molecular weight is 201 g/mol. The fraction of sp³-hybridized carbons (Fsp3) is 0.900. The van der Waals surface area contributed by atoms with E-state index in [1.165, 1.54) is 12.8 Å². The van der Waals surface area contributed by atoms with Crippen molar-refractivity contribution in [2.24, 2.45) is 0 Å². The van der Waals surface area contributed by atoms with E-state index in [1.54, 1.807) is 6.92 Å². The number of amides is 1. The molecule has 1 fully saturated rings. The highest BCUT2D eigenvalue weighted by molar-refractivity contribution is 5.66. The molecule has 14 heavy (non-hydrogen) atoms. The number of nitrogens with one attached hydrogen (secondary N) is 1. The van der Waals surface area contributed by atoms with Gasteiger partial charge in [-0.15, -0.1) is 0 Å². The minimum atomic E-state index is -0.330. The highest BCUT2D eigenvalue weighted by Gasteiger charge is 2.13. The number of ether oxygens (including phenoxy) is 2. The third-order valence-corrected chi connectivity index (χ3v) is 2.29. The van der Waals surface area contributed by atoms with E-state index in [0.717, 1.165) is 19.4 Å². The standard InChI is InChI=1S/C10H19NO3/c1-2-13-10(12)11-7-6-9-5-3-4-8-14-9/h9H,2-8H2,1H3,(H,11,12). The first-order valence-corrected chi connectivity index (χ1v) is 5.35. The van der Waals surface area contributed by atoms with E-state index < -0.39 is 0 Å². The van der Waals surface area contributed by atoms with Crippen LogP contribution in [0.1, 0.15) is 32.6 Å². The lowest BCUT2D eigenvalue weighted by atomic mass is 10.1. The number of alkyl carbamates (subject to hydrolysis) is 1. The van der Waals surface area contributed by atoms with Crippen molar-refractivity contribution in [1.29, 1.82) is 0 Å². The molecule has 1 N–H and O–H groups in total. The Balaban J connectivity index is 1.99. The van der Waals surface area contributed by atoms with Gasteiger partial charge in [0.05, 0.1) is 12.7 Å². The van der Waals surface area contributed by atoms with Crippen LogP contribution in [0.2, 0.25) is 0 Å².